The number of carbonyl (C=O) groups excluding carboxylic acids is 2. The third kappa shape index (κ3) is 7.98. The number of hydrogen-bond donors (Lipinski definition) is 2. The molecule has 0 atom stereocenters. The first kappa shape index (κ1) is 31.4. The van der Waals surface area contributed by atoms with E-state index in [4.69, 9.17) is 26.8 Å². The van der Waals surface area contributed by atoms with E-state index in [0.29, 0.717) is 25.8 Å². The van der Waals surface area contributed by atoms with Crippen molar-refractivity contribution in [2.24, 2.45) is 5.73 Å². The molecule has 0 bridgehead atoms. The van der Waals surface area contributed by atoms with Crippen LogP contribution >= 0.6 is 11.6 Å². The number of urea groups is 1. The second-order valence-corrected chi connectivity index (χ2v) is 12.6. The van der Waals surface area contributed by atoms with Crippen molar-refractivity contribution in [2.45, 2.75) is 4.90 Å². The van der Waals surface area contributed by atoms with Crippen LogP contribution in [0, 0.1) is 11.6 Å². The summed E-state index contributed by atoms with van der Waals surface area (Å²) in [5, 5.41) is 0.349. The Bertz CT molecular complexity index is 1430. The SMILES string of the molecule is CN(CCN(CC(N)=O)S(=O)(=O)c1cc(F)c(Oc2ccc(Cl)cc2)c(F)c1)S(=O)(=O)NC(=O)N1CCOCC1. The van der Waals surface area contributed by atoms with Crippen molar-refractivity contribution < 1.29 is 44.7 Å². The maximum Gasteiger partial charge on any atom is 0.332 e. The van der Waals surface area contributed by atoms with E-state index in [2.05, 4.69) is 0 Å². The van der Waals surface area contributed by atoms with E-state index in [0.717, 1.165) is 7.05 Å². The number of ether oxygens (including phenoxy) is 2. The lowest BCUT2D eigenvalue weighted by Gasteiger charge is -2.28. The van der Waals surface area contributed by atoms with Crippen LogP contribution in [-0.2, 0) is 29.8 Å². The second-order valence-electron chi connectivity index (χ2n) is 8.41. The number of carbonyl (C=O) groups is 2. The van der Waals surface area contributed by atoms with Crippen molar-refractivity contribution in [3.8, 4) is 11.5 Å². The van der Waals surface area contributed by atoms with Gasteiger partial charge in [-0.25, -0.2) is 26.7 Å². The van der Waals surface area contributed by atoms with Gasteiger partial charge in [0.2, 0.25) is 15.9 Å². The molecule has 0 unspecified atom stereocenters. The molecule has 3 amide bonds. The van der Waals surface area contributed by atoms with Gasteiger partial charge < -0.3 is 20.1 Å². The first-order valence-corrected chi connectivity index (χ1v) is 14.8. The third-order valence-corrected chi connectivity index (χ3v) is 9.08. The first-order chi connectivity index (χ1) is 18.7. The smallest absolute Gasteiger partial charge is 0.332 e. The molecule has 2 aromatic carbocycles. The van der Waals surface area contributed by atoms with Crippen molar-refractivity contribution in [1.82, 2.24) is 18.2 Å². The molecule has 0 spiro atoms. The Balaban J connectivity index is 1.76. The fourth-order valence-electron chi connectivity index (χ4n) is 3.40. The Hall–Kier alpha value is -3.09. The van der Waals surface area contributed by atoms with Crippen LogP contribution in [-0.4, -0.2) is 95.3 Å². The number of nitrogens with zero attached hydrogens (tertiary/aromatic N) is 3. The van der Waals surface area contributed by atoms with Crippen LogP contribution in [0.2, 0.25) is 5.02 Å². The van der Waals surface area contributed by atoms with E-state index in [1.807, 2.05) is 4.72 Å². The molecule has 1 aliphatic heterocycles. The zero-order chi connectivity index (χ0) is 29.7. The lowest BCUT2D eigenvalue weighted by molar-refractivity contribution is -0.118. The Morgan fingerprint density at radius 3 is 2.20 bits per heavy atom. The van der Waals surface area contributed by atoms with Crippen LogP contribution in [0.1, 0.15) is 0 Å². The summed E-state index contributed by atoms with van der Waals surface area (Å²) in [5.41, 5.74) is 5.16. The molecule has 13 nitrogen and oxygen atoms in total. The summed E-state index contributed by atoms with van der Waals surface area (Å²) in [4.78, 5) is 24.2. The van der Waals surface area contributed by atoms with Crippen LogP contribution in [0.25, 0.3) is 0 Å². The minimum Gasteiger partial charge on any atom is -0.451 e. The van der Waals surface area contributed by atoms with Gasteiger partial charge >= 0.3 is 16.2 Å². The van der Waals surface area contributed by atoms with E-state index in [-0.39, 0.29) is 32.1 Å². The fraction of sp³-hybridized carbons (Fsp3) is 0.364. The van der Waals surface area contributed by atoms with Crippen LogP contribution in [0.15, 0.2) is 41.3 Å². The number of nitrogens with two attached hydrogens (primary N) is 1. The van der Waals surface area contributed by atoms with Crippen molar-refractivity contribution in [3.05, 3.63) is 53.1 Å². The molecule has 1 heterocycles. The van der Waals surface area contributed by atoms with Gasteiger partial charge in [-0.3, -0.25) is 4.79 Å². The number of amides is 3. The minimum absolute atomic E-state index is 0.0260. The van der Waals surface area contributed by atoms with Gasteiger partial charge in [0.25, 0.3) is 0 Å². The molecule has 3 N–H and O–H groups in total. The molecule has 0 saturated carbocycles. The number of nitrogens with one attached hydrogen (secondary N) is 1. The van der Waals surface area contributed by atoms with Gasteiger partial charge in [-0.05, 0) is 36.4 Å². The standard InChI is InChI=1S/C22H26ClF2N5O8S2/c1-28(40(35,36)27-22(32)29-8-10-37-11-9-29)6-7-30(14-20(26)31)39(33,34)17-12-18(24)21(19(25)13-17)38-16-4-2-15(23)3-5-16/h2-5,12-13H,6-11,14H2,1H3,(H2,26,31)(H,27,32). The van der Waals surface area contributed by atoms with Gasteiger partial charge in [0.15, 0.2) is 17.4 Å². The average molecular weight is 626 g/mol. The molecular weight excluding hydrogens is 600 g/mol. The maximum absolute atomic E-state index is 14.8. The highest BCUT2D eigenvalue weighted by atomic mass is 35.5. The zero-order valence-electron chi connectivity index (χ0n) is 21.0. The number of rotatable bonds is 11. The number of likely N-dealkylation sites (N-methyl/N-ethyl adjacent to an activating group) is 1. The summed E-state index contributed by atoms with van der Waals surface area (Å²) in [6, 6.07) is 5.59. The van der Waals surface area contributed by atoms with E-state index >= 15 is 0 Å². The molecule has 40 heavy (non-hydrogen) atoms. The number of halogens is 3. The lowest BCUT2D eigenvalue weighted by Crippen LogP contribution is -2.52. The monoisotopic (exact) mass is 625 g/mol. The van der Waals surface area contributed by atoms with Gasteiger partial charge in [0, 0.05) is 38.2 Å². The van der Waals surface area contributed by atoms with Crippen LogP contribution in [0.3, 0.4) is 0 Å². The summed E-state index contributed by atoms with van der Waals surface area (Å²) in [7, 11) is -8.13. The average Bonchev–Trinajstić information content (AvgIpc) is 2.89. The molecule has 0 aliphatic carbocycles. The molecule has 18 heteroatoms. The summed E-state index contributed by atoms with van der Waals surface area (Å²) >= 11 is 5.77. The van der Waals surface area contributed by atoms with Crippen LogP contribution in [0.4, 0.5) is 13.6 Å². The van der Waals surface area contributed by atoms with E-state index < -0.39 is 74.1 Å². The Morgan fingerprint density at radius 2 is 1.65 bits per heavy atom. The molecule has 1 aliphatic rings. The normalized spacial score (nSPS) is 14.4. The molecule has 220 valence electrons. The number of sulfonamides is 1. The predicted molar refractivity (Wildman–Crippen MR) is 138 cm³/mol. The number of benzene rings is 2. The second kappa shape index (κ2) is 13.0. The number of hydrogen-bond acceptors (Lipinski definition) is 8. The molecular formula is C22H26ClF2N5O8S2. The van der Waals surface area contributed by atoms with Crippen LogP contribution < -0.4 is 15.2 Å². The number of primary amides is 1. The summed E-state index contributed by atoms with van der Waals surface area (Å²) < 4.78 is 94.3. The van der Waals surface area contributed by atoms with Gasteiger partial charge in [-0.2, -0.15) is 17.0 Å². The highest BCUT2D eigenvalue weighted by Crippen LogP contribution is 2.31. The summed E-state index contributed by atoms with van der Waals surface area (Å²) in [6.45, 7) is -1.32. The predicted octanol–water partition coefficient (Wildman–Crippen LogP) is 1.10. The molecule has 1 saturated heterocycles. The number of morpholine rings is 1. The van der Waals surface area contributed by atoms with E-state index in [1.54, 1.807) is 0 Å². The Kier molecular flexibility index (Phi) is 10.3. The molecule has 0 aromatic heterocycles. The lowest BCUT2D eigenvalue weighted by atomic mass is 10.3. The van der Waals surface area contributed by atoms with Gasteiger partial charge in [-0.15, -0.1) is 0 Å². The maximum atomic E-state index is 14.8. The van der Waals surface area contributed by atoms with Gasteiger partial charge in [0.1, 0.15) is 5.75 Å². The van der Waals surface area contributed by atoms with E-state index in [1.165, 1.54) is 29.2 Å². The largest absolute Gasteiger partial charge is 0.451 e. The quantitative estimate of drug-likeness (QED) is 0.374. The van der Waals surface area contributed by atoms with Gasteiger partial charge in [0.05, 0.1) is 24.7 Å². The van der Waals surface area contributed by atoms with Crippen LogP contribution in [0.5, 0.6) is 11.5 Å². The zero-order valence-corrected chi connectivity index (χ0v) is 23.4. The highest BCUT2D eigenvalue weighted by molar-refractivity contribution is 7.89. The Labute approximate surface area is 234 Å². The Morgan fingerprint density at radius 1 is 1.07 bits per heavy atom. The summed E-state index contributed by atoms with van der Waals surface area (Å²) in [5.74, 6) is -4.70. The minimum atomic E-state index is -4.77. The molecule has 2 aromatic rings. The van der Waals surface area contributed by atoms with Crippen molar-refractivity contribution in [3.63, 3.8) is 0 Å². The summed E-state index contributed by atoms with van der Waals surface area (Å²) in [6.07, 6.45) is 0. The first-order valence-electron chi connectivity index (χ1n) is 11.5. The van der Waals surface area contributed by atoms with Gasteiger partial charge in [-0.1, -0.05) is 11.6 Å². The van der Waals surface area contributed by atoms with E-state index in [9.17, 15) is 35.2 Å². The van der Waals surface area contributed by atoms with Crippen molar-refractivity contribution in [2.75, 3.05) is 53.0 Å². The molecule has 3 rings (SSSR count). The molecule has 1 fully saturated rings. The van der Waals surface area contributed by atoms with Crippen molar-refractivity contribution in [1.29, 1.82) is 0 Å². The third-order valence-electron chi connectivity index (χ3n) is 5.56. The topological polar surface area (TPSA) is 169 Å². The fourth-order valence-corrected chi connectivity index (χ4v) is 5.78. The molecule has 0 radical (unpaired) electrons. The highest BCUT2D eigenvalue weighted by Gasteiger charge is 2.31. The van der Waals surface area contributed by atoms with Crippen molar-refractivity contribution >= 4 is 43.8 Å².